The topological polar surface area (TPSA) is 364 Å². The van der Waals surface area contributed by atoms with Crippen molar-refractivity contribution in [2.75, 3.05) is 21.2 Å². The fraction of sp³-hybridized carbons (Fsp3) is 0.307. The fourth-order valence-corrected chi connectivity index (χ4v) is 10.7. The van der Waals surface area contributed by atoms with E-state index in [1.54, 1.807) is 78.1 Å². The van der Waals surface area contributed by atoms with Gasteiger partial charge in [-0.05, 0) is 168 Å². The molecule has 0 saturated heterocycles. The van der Waals surface area contributed by atoms with Gasteiger partial charge in [0.15, 0.2) is 0 Å². The van der Waals surface area contributed by atoms with Gasteiger partial charge in [-0.2, -0.15) is 18.4 Å². The second kappa shape index (κ2) is 33.0. The Morgan fingerprint density at radius 2 is 0.886 bits per heavy atom. The summed E-state index contributed by atoms with van der Waals surface area (Å²) < 4.78 is 66.9. The number of nitriles is 1. The molecule has 12 rings (SSSR count). The number of alkyl halides is 3. The summed E-state index contributed by atoms with van der Waals surface area (Å²) in [5.41, 5.74) is 12.1. The number of nitrogens with zero attached hydrogens (tertiary/aromatic N) is 16. The van der Waals surface area contributed by atoms with Crippen molar-refractivity contribution in [3.63, 3.8) is 0 Å². The second-order valence-electron chi connectivity index (χ2n) is 26.0. The largest absolute Gasteiger partial charge is 0.496 e. The highest BCUT2D eigenvalue weighted by Gasteiger charge is 2.38. The van der Waals surface area contributed by atoms with E-state index < -0.39 is 17.8 Å². The summed E-state index contributed by atoms with van der Waals surface area (Å²) in [6, 6.07) is 26.5. The summed E-state index contributed by atoms with van der Waals surface area (Å²) in [4.78, 5) is 63.5. The highest BCUT2D eigenvalue weighted by atomic mass is 19.4. The molecule has 0 aliphatic heterocycles. The van der Waals surface area contributed by atoms with E-state index in [-0.39, 0.29) is 79.7 Å². The number of pyridine rings is 3. The van der Waals surface area contributed by atoms with Crippen LogP contribution in [0.3, 0.4) is 0 Å². The molecule has 0 bridgehead atoms. The minimum absolute atomic E-state index is 0. The van der Waals surface area contributed by atoms with Gasteiger partial charge in [0.1, 0.15) is 28.9 Å². The third kappa shape index (κ3) is 18.3. The van der Waals surface area contributed by atoms with E-state index in [2.05, 4.69) is 110 Å². The van der Waals surface area contributed by atoms with Gasteiger partial charge in [0, 0.05) is 101 Å². The predicted octanol–water partition coefficient (Wildman–Crippen LogP) is 13.7. The third-order valence-corrected chi connectivity index (χ3v) is 16.5. The number of aromatic nitrogens is 15. The SMILES string of the molecule is CNCc1ccc(-c2nnc(-c3nc(-c4ccc(=O)n(C(C)C(F)(F)F)c4)cnc3C)o2)c(OC)c1.CNCc1ccc(-c2nnc(-c3nc(-c4ccc(=O)n(C(C)C)c4)cnc3C)o2)c(C#N)c1.Cc1cc(CNC(C)(C)C)ccc1-c1nnc(-c2nc(-c3ccc(=O)n(C(C)C)c3)cnc2C)o1.N.[HH].[HH].[HH]. The summed E-state index contributed by atoms with van der Waals surface area (Å²) in [6.45, 7) is 24.6. The first-order valence-electron chi connectivity index (χ1n) is 33.2. The van der Waals surface area contributed by atoms with Crippen molar-refractivity contribution in [2.45, 2.75) is 133 Å². The Balaban J connectivity index is 0.000000249. The van der Waals surface area contributed by atoms with Crippen molar-refractivity contribution in [2.24, 2.45) is 0 Å². The van der Waals surface area contributed by atoms with Crippen molar-refractivity contribution in [3.8, 4) is 115 Å². The molecule has 0 aliphatic carbocycles. The van der Waals surface area contributed by atoms with Gasteiger partial charge in [-0.1, -0.05) is 24.3 Å². The number of halogens is 3. The summed E-state index contributed by atoms with van der Waals surface area (Å²) in [7, 11) is 5.23. The molecule has 0 saturated carbocycles. The highest BCUT2D eigenvalue weighted by Crippen LogP contribution is 2.36. The van der Waals surface area contributed by atoms with Crippen molar-refractivity contribution < 1.29 is 35.4 Å². The van der Waals surface area contributed by atoms with Crippen LogP contribution < -0.4 is 43.5 Å². The molecule has 30 heteroatoms. The van der Waals surface area contributed by atoms with Gasteiger partial charge in [-0.3, -0.25) is 29.3 Å². The number of hydrogen-bond donors (Lipinski definition) is 4. The fourth-order valence-electron chi connectivity index (χ4n) is 10.7. The van der Waals surface area contributed by atoms with E-state index >= 15 is 0 Å². The minimum atomic E-state index is -4.58. The molecule has 0 radical (unpaired) electrons. The lowest BCUT2D eigenvalue weighted by atomic mass is 10.0. The molecule has 0 fully saturated rings. The number of nitrogens with one attached hydrogen (secondary N) is 3. The van der Waals surface area contributed by atoms with Crippen molar-refractivity contribution in [1.82, 2.24) is 96.3 Å². The van der Waals surface area contributed by atoms with Crippen LogP contribution in [0.4, 0.5) is 13.2 Å². The van der Waals surface area contributed by atoms with E-state index in [0.29, 0.717) is 91.7 Å². The third-order valence-electron chi connectivity index (χ3n) is 16.5. The van der Waals surface area contributed by atoms with Crippen LogP contribution in [0.1, 0.15) is 123 Å². The first kappa shape index (κ1) is 77.3. The molecule has 3 aromatic carbocycles. The molecule has 9 aromatic heterocycles. The highest BCUT2D eigenvalue weighted by molar-refractivity contribution is 5.69. The van der Waals surface area contributed by atoms with Crippen LogP contribution in [0.2, 0.25) is 0 Å². The van der Waals surface area contributed by atoms with E-state index in [1.807, 2.05) is 86.0 Å². The van der Waals surface area contributed by atoms with Crippen LogP contribution in [0.25, 0.3) is 103 Å². The smallest absolute Gasteiger partial charge is 0.408 e. The molecule has 0 aliphatic rings. The van der Waals surface area contributed by atoms with Crippen LogP contribution >= 0.6 is 0 Å². The standard InChI is InChI=1S/C27H32N6O2.C24H23F3N6O3.C24H23N7O2.H3N.3H2/c1-16(2)33-15-20(9-11-23(33)34)22-14-28-18(4)24(30-22)26-32-31-25(35-26)21-10-8-19(12-17(21)3)13-29-27(5,6)7;1-13-21(23-32-31-22(36-23)17-7-5-15(10-28-3)9-19(17)35-4)30-18(11-29-13)16-6-8-20(34)33(12-16)14(2)24(25,26)27;1-14(2)31-13-17(6-8-21(31)32)20-12-27-15(3)22(28-20)24-30-29-23(33-24)19-7-5-16(11-26-4)9-18(19)10-25;;;;/h8-12,14-16,29H,13H2,1-7H3;5-9,11-12,14,28H,10H2,1-4H3;5-9,12-14,26H,11H2,1-4H3;1H3;3*1H. The molecule has 550 valence electrons. The zero-order valence-corrected chi connectivity index (χ0v) is 60.8. The Labute approximate surface area is 607 Å². The van der Waals surface area contributed by atoms with Crippen LogP contribution in [-0.4, -0.2) is 107 Å². The predicted molar refractivity (Wildman–Crippen MR) is 397 cm³/mol. The number of benzene rings is 3. The van der Waals surface area contributed by atoms with E-state index in [4.69, 9.17) is 23.0 Å². The van der Waals surface area contributed by atoms with Crippen LogP contribution in [0.5, 0.6) is 5.75 Å². The average molecular weight is 1440 g/mol. The number of methoxy groups -OCH3 is 1. The maximum Gasteiger partial charge on any atom is 0.408 e. The van der Waals surface area contributed by atoms with Gasteiger partial charge >= 0.3 is 6.18 Å². The van der Waals surface area contributed by atoms with Crippen molar-refractivity contribution >= 4 is 0 Å². The molecule has 0 spiro atoms. The summed E-state index contributed by atoms with van der Waals surface area (Å²) in [5.74, 6) is 2.02. The van der Waals surface area contributed by atoms with Gasteiger partial charge in [0.2, 0.25) is 11.8 Å². The Morgan fingerprint density at radius 1 is 0.514 bits per heavy atom. The molecule has 12 aromatic rings. The van der Waals surface area contributed by atoms with Crippen LogP contribution in [0, 0.1) is 39.0 Å². The maximum atomic E-state index is 13.2. The van der Waals surface area contributed by atoms with Gasteiger partial charge < -0.3 is 53.8 Å². The lowest BCUT2D eigenvalue weighted by Crippen LogP contribution is -2.35. The van der Waals surface area contributed by atoms with Crippen molar-refractivity contribution in [3.05, 3.63) is 204 Å². The van der Waals surface area contributed by atoms with Crippen LogP contribution in [0.15, 0.2) is 156 Å². The van der Waals surface area contributed by atoms with Crippen molar-refractivity contribution in [1.29, 1.82) is 5.26 Å². The molecule has 27 nitrogen and oxygen atoms in total. The minimum Gasteiger partial charge on any atom is -0.496 e. The molecule has 1 atom stereocenters. The number of ether oxygens (including phenoxy) is 1. The average Bonchev–Trinajstić information content (AvgIpc) is 1.37. The zero-order valence-electron chi connectivity index (χ0n) is 60.8. The maximum absolute atomic E-state index is 13.2. The molecular weight excluding hydrogens is 1350 g/mol. The number of rotatable bonds is 19. The Morgan fingerprint density at radius 3 is 1.28 bits per heavy atom. The van der Waals surface area contributed by atoms with Gasteiger partial charge in [0.05, 0.1) is 82.6 Å². The van der Waals surface area contributed by atoms with Crippen LogP contribution in [-0.2, 0) is 19.6 Å². The summed E-state index contributed by atoms with van der Waals surface area (Å²) in [5, 5.41) is 44.3. The first-order chi connectivity index (χ1) is 49.5. The normalized spacial score (nSPS) is 11.7. The Kier molecular flexibility index (Phi) is 24.3. The zero-order chi connectivity index (χ0) is 74.9. The van der Waals surface area contributed by atoms with E-state index in [1.165, 1.54) is 31.0 Å². The lowest BCUT2D eigenvalue weighted by molar-refractivity contribution is -0.163. The molecule has 105 heavy (non-hydrogen) atoms. The summed E-state index contributed by atoms with van der Waals surface area (Å²) >= 11 is 0. The molecule has 6 N–H and O–H groups in total. The molecule has 1 unspecified atom stereocenters. The van der Waals surface area contributed by atoms with E-state index in [0.717, 1.165) is 59.1 Å². The Bertz CT molecular complexity index is 5330. The molecule has 0 amide bonds. The number of aryl methyl sites for hydroxylation is 4. The summed E-state index contributed by atoms with van der Waals surface area (Å²) in [6.07, 6.45) is 4.83. The van der Waals surface area contributed by atoms with Gasteiger partial charge in [-0.25, -0.2) is 15.0 Å². The second-order valence-corrected chi connectivity index (χ2v) is 26.0. The quantitative estimate of drug-likeness (QED) is 0.0584. The lowest BCUT2D eigenvalue weighted by Gasteiger charge is -2.20. The van der Waals surface area contributed by atoms with Gasteiger partial charge in [0.25, 0.3) is 40.2 Å². The molecular formula is C75H87F3N20O7. The number of hydrogen-bond acceptors (Lipinski definition) is 24. The monoisotopic (exact) mass is 1440 g/mol. The van der Waals surface area contributed by atoms with E-state index in [9.17, 15) is 32.8 Å². The molecule has 9 heterocycles. The first-order valence-corrected chi connectivity index (χ1v) is 33.2. The Hall–Kier alpha value is -11.9. The van der Waals surface area contributed by atoms with Gasteiger partial charge in [-0.15, -0.1) is 30.6 Å².